The lowest BCUT2D eigenvalue weighted by molar-refractivity contribution is 1.27. The summed E-state index contributed by atoms with van der Waals surface area (Å²) in [5.74, 6) is 0. The van der Waals surface area contributed by atoms with Crippen LogP contribution in [0.3, 0.4) is 0 Å². The molecule has 0 unspecified atom stereocenters. The van der Waals surface area contributed by atoms with Crippen LogP contribution >= 0.6 is 11.3 Å². The Bertz CT molecular complexity index is 2630. The van der Waals surface area contributed by atoms with Crippen molar-refractivity contribution >= 4 is 53.1 Å². The summed E-state index contributed by atoms with van der Waals surface area (Å²) in [5.41, 5.74) is 11.9. The van der Waals surface area contributed by atoms with E-state index in [1.807, 2.05) is 36.1 Å². The van der Waals surface area contributed by atoms with Crippen LogP contribution in [0.1, 0.15) is 11.1 Å². The molecule has 0 N–H and O–H groups in total. The first-order valence-electron chi connectivity index (χ1n) is 16.0. The van der Waals surface area contributed by atoms with Crippen molar-refractivity contribution in [1.29, 1.82) is 0 Å². The maximum absolute atomic E-state index is 4.43. The largest absolute Gasteiger partial charge is 0.264 e. The van der Waals surface area contributed by atoms with E-state index < -0.39 is 0 Å². The van der Waals surface area contributed by atoms with Crippen LogP contribution in [0.25, 0.3) is 86.2 Å². The van der Waals surface area contributed by atoms with Crippen LogP contribution in [-0.2, 0) is 0 Å². The minimum atomic E-state index is 1.14. The van der Waals surface area contributed by atoms with E-state index in [2.05, 4.69) is 145 Å². The lowest BCUT2D eigenvalue weighted by Crippen LogP contribution is -1.91. The lowest BCUT2D eigenvalue weighted by atomic mass is 9.85. The molecule has 0 bridgehead atoms. The molecule has 3 heterocycles. The minimum Gasteiger partial charge on any atom is -0.264 e. The van der Waals surface area contributed by atoms with Crippen molar-refractivity contribution in [3.63, 3.8) is 0 Å². The molecule has 0 amide bonds. The van der Waals surface area contributed by atoms with Gasteiger partial charge in [-0.1, -0.05) is 91.0 Å². The number of pyridine rings is 2. The van der Waals surface area contributed by atoms with Gasteiger partial charge in [0.2, 0.25) is 0 Å². The molecule has 3 aromatic heterocycles. The number of aryl methyl sites for hydroxylation is 2. The molecule has 9 aromatic rings. The topological polar surface area (TPSA) is 25.8 Å². The Kier molecular flexibility index (Phi) is 6.48. The number of aromatic nitrogens is 2. The van der Waals surface area contributed by atoms with Gasteiger partial charge in [0.05, 0.1) is 0 Å². The third kappa shape index (κ3) is 4.70. The summed E-state index contributed by atoms with van der Waals surface area (Å²) in [7, 11) is 0. The van der Waals surface area contributed by atoms with Crippen molar-refractivity contribution in [2.24, 2.45) is 0 Å². The second kappa shape index (κ2) is 11.0. The summed E-state index contributed by atoms with van der Waals surface area (Å²) >= 11 is 1.88. The van der Waals surface area contributed by atoms with Crippen LogP contribution in [0, 0.1) is 13.8 Å². The average Bonchev–Trinajstić information content (AvgIpc) is 3.47. The quantitative estimate of drug-likeness (QED) is 0.183. The van der Waals surface area contributed by atoms with Gasteiger partial charge in [0.1, 0.15) is 0 Å². The predicted molar refractivity (Wildman–Crippen MR) is 201 cm³/mol. The van der Waals surface area contributed by atoms with Crippen molar-refractivity contribution < 1.29 is 0 Å². The Morgan fingerprint density at radius 2 is 0.830 bits per heavy atom. The molecule has 47 heavy (non-hydrogen) atoms. The highest BCUT2D eigenvalue weighted by Gasteiger charge is 2.19. The molecular weight excluding hydrogens is 589 g/mol. The molecule has 0 aliphatic heterocycles. The van der Waals surface area contributed by atoms with Gasteiger partial charge in [0, 0.05) is 56.1 Å². The van der Waals surface area contributed by atoms with E-state index in [0.717, 1.165) is 22.3 Å². The molecule has 0 saturated heterocycles. The molecule has 6 aromatic carbocycles. The molecule has 9 rings (SSSR count). The Balaban J connectivity index is 1.32. The van der Waals surface area contributed by atoms with Gasteiger partial charge in [-0.05, 0) is 110 Å². The standard InChI is InChI=1S/C44H30N2S/c1-27-19-33(25-45-23-27)29-11-15-31(16-12-29)43-36-8-3-4-9-37(36)44(32-17-13-30(14-18-32)34-20-28(2)24-46-26-34)40-22-42-38(21-39(40)43)35-7-5-6-10-41(35)47-42/h3-26H,1-2H3. The Hall–Kier alpha value is -5.64. The van der Waals surface area contributed by atoms with Crippen molar-refractivity contribution in [1.82, 2.24) is 9.97 Å². The Morgan fingerprint density at radius 1 is 0.362 bits per heavy atom. The first-order valence-corrected chi connectivity index (χ1v) is 16.8. The molecule has 0 atom stereocenters. The summed E-state index contributed by atoms with van der Waals surface area (Å²) in [6, 6.07) is 45.0. The SMILES string of the molecule is Cc1cncc(-c2ccc(-c3c4ccccc4c(-c4ccc(-c5cncc(C)c5)cc4)c4cc5c(cc34)sc3ccccc35)cc2)c1. The van der Waals surface area contributed by atoms with E-state index in [9.17, 15) is 0 Å². The monoisotopic (exact) mass is 618 g/mol. The zero-order chi connectivity index (χ0) is 31.5. The van der Waals surface area contributed by atoms with Gasteiger partial charge < -0.3 is 0 Å². The summed E-state index contributed by atoms with van der Waals surface area (Å²) in [5, 5.41) is 7.68. The summed E-state index contributed by atoms with van der Waals surface area (Å²) in [4.78, 5) is 8.87. The first-order chi connectivity index (χ1) is 23.1. The molecular formula is C44H30N2S. The van der Waals surface area contributed by atoms with Gasteiger partial charge in [-0.25, -0.2) is 0 Å². The van der Waals surface area contributed by atoms with Crippen molar-refractivity contribution in [3.05, 3.63) is 157 Å². The van der Waals surface area contributed by atoms with E-state index >= 15 is 0 Å². The van der Waals surface area contributed by atoms with Crippen LogP contribution in [0.15, 0.2) is 146 Å². The fourth-order valence-electron chi connectivity index (χ4n) is 7.10. The van der Waals surface area contributed by atoms with E-state index in [4.69, 9.17) is 0 Å². The number of fused-ring (bicyclic) bond motifs is 5. The zero-order valence-electron chi connectivity index (χ0n) is 26.2. The summed E-state index contributed by atoms with van der Waals surface area (Å²) < 4.78 is 2.63. The van der Waals surface area contributed by atoms with Gasteiger partial charge in [-0.3, -0.25) is 9.97 Å². The molecule has 0 aliphatic carbocycles. The number of rotatable bonds is 4. The molecule has 0 spiro atoms. The highest BCUT2D eigenvalue weighted by molar-refractivity contribution is 7.25. The highest BCUT2D eigenvalue weighted by atomic mass is 32.1. The van der Waals surface area contributed by atoms with Gasteiger partial charge in [0.15, 0.2) is 0 Å². The van der Waals surface area contributed by atoms with Gasteiger partial charge in [0.25, 0.3) is 0 Å². The molecule has 0 fully saturated rings. The molecule has 222 valence electrons. The zero-order valence-corrected chi connectivity index (χ0v) is 27.0. The third-order valence-electron chi connectivity index (χ3n) is 9.29. The van der Waals surface area contributed by atoms with Crippen LogP contribution in [0.4, 0.5) is 0 Å². The van der Waals surface area contributed by atoms with E-state index in [-0.39, 0.29) is 0 Å². The van der Waals surface area contributed by atoms with Crippen molar-refractivity contribution in [3.8, 4) is 44.5 Å². The second-order valence-electron chi connectivity index (χ2n) is 12.4. The van der Waals surface area contributed by atoms with Crippen LogP contribution in [-0.4, -0.2) is 9.97 Å². The number of nitrogens with zero attached hydrogens (tertiary/aromatic N) is 2. The smallest absolute Gasteiger partial charge is 0.0362 e. The lowest BCUT2D eigenvalue weighted by Gasteiger charge is -2.18. The number of benzene rings is 6. The van der Waals surface area contributed by atoms with Crippen LogP contribution in [0.5, 0.6) is 0 Å². The number of thiophene rings is 1. The molecule has 0 aliphatic rings. The summed E-state index contributed by atoms with van der Waals surface area (Å²) in [6.07, 6.45) is 7.70. The predicted octanol–water partition coefficient (Wildman–Crippen LogP) is 12.4. The Morgan fingerprint density at radius 3 is 1.36 bits per heavy atom. The van der Waals surface area contributed by atoms with Crippen molar-refractivity contribution in [2.75, 3.05) is 0 Å². The highest BCUT2D eigenvalue weighted by Crippen LogP contribution is 2.47. The maximum Gasteiger partial charge on any atom is 0.0362 e. The minimum absolute atomic E-state index is 1.14. The van der Waals surface area contributed by atoms with Gasteiger partial charge >= 0.3 is 0 Å². The average molecular weight is 619 g/mol. The van der Waals surface area contributed by atoms with Gasteiger partial charge in [-0.2, -0.15) is 0 Å². The fourth-order valence-corrected chi connectivity index (χ4v) is 8.23. The Labute approximate surface area is 277 Å². The van der Waals surface area contributed by atoms with Gasteiger partial charge in [-0.15, -0.1) is 11.3 Å². The van der Waals surface area contributed by atoms with E-state index in [0.29, 0.717) is 0 Å². The fraction of sp³-hybridized carbons (Fsp3) is 0.0455. The normalized spacial score (nSPS) is 11.6. The number of hydrogen-bond acceptors (Lipinski definition) is 3. The molecule has 2 nitrogen and oxygen atoms in total. The molecule has 0 radical (unpaired) electrons. The number of hydrogen-bond donors (Lipinski definition) is 0. The first kappa shape index (κ1) is 27.7. The molecule has 0 saturated carbocycles. The van der Waals surface area contributed by atoms with Crippen LogP contribution in [0.2, 0.25) is 0 Å². The van der Waals surface area contributed by atoms with E-state index in [1.165, 1.54) is 75.1 Å². The maximum atomic E-state index is 4.43. The van der Waals surface area contributed by atoms with Crippen molar-refractivity contribution in [2.45, 2.75) is 13.8 Å². The van der Waals surface area contributed by atoms with Crippen LogP contribution < -0.4 is 0 Å². The second-order valence-corrected chi connectivity index (χ2v) is 13.5. The summed E-state index contributed by atoms with van der Waals surface area (Å²) in [6.45, 7) is 4.18. The third-order valence-corrected chi connectivity index (χ3v) is 10.4. The molecule has 3 heteroatoms. The van der Waals surface area contributed by atoms with E-state index in [1.54, 1.807) is 0 Å².